The number of piperazine rings is 1. The van der Waals surface area contributed by atoms with Crippen LogP contribution in [0.5, 0.6) is 0 Å². The predicted molar refractivity (Wildman–Crippen MR) is 95.2 cm³/mol. The van der Waals surface area contributed by atoms with E-state index in [2.05, 4.69) is 21.8 Å². The Morgan fingerprint density at radius 3 is 2.57 bits per heavy atom. The topological polar surface area (TPSA) is 36.4 Å². The van der Waals surface area contributed by atoms with E-state index in [9.17, 15) is 4.79 Å². The summed E-state index contributed by atoms with van der Waals surface area (Å²) in [6.07, 6.45) is 1.89. The second-order valence-electron chi connectivity index (χ2n) is 6.17. The highest BCUT2D eigenvalue weighted by Gasteiger charge is 2.15. The van der Waals surface area contributed by atoms with Gasteiger partial charge in [0.25, 0.3) is 0 Å². The molecule has 0 saturated carbocycles. The maximum Gasteiger partial charge on any atom is 0.195 e. The van der Waals surface area contributed by atoms with Crippen LogP contribution >= 0.6 is 0 Å². The van der Waals surface area contributed by atoms with Gasteiger partial charge in [-0.15, -0.1) is 0 Å². The standard InChI is InChI=1S/C19H19N3O/c1-21-8-10-22(11-9-21)15-12-17-18(20-13-15)7-6-14-4-2-3-5-16(14)19(17)23/h2-7,12-13H,8-11H2,1H3. The van der Waals surface area contributed by atoms with Crippen molar-refractivity contribution in [2.75, 3.05) is 38.1 Å². The Hall–Kier alpha value is -2.46. The molecule has 2 heterocycles. The number of fused-ring (bicyclic) bond motifs is 2. The van der Waals surface area contributed by atoms with Gasteiger partial charge in [-0.05, 0) is 24.6 Å². The lowest BCUT2D eigenvalue weighted by atomic mass is 10.1. The maximum atomic E-state index is 12.9. The van der Waals surface area contributed by atoms with Gasteiger partial charge in [0.15, 0.2) is 5.43 Å². The van der Waals surface area contributed by atoms with Crippen LogP contribution in [0.2, 0.25) is 0 Å². The van der Waals surface area contributed by atoms with Gasteiger partial charge in [0, 0.05) is 31.6 Å². The molecule has 1 fully saturated rings. The smallest absolute Gasteiger partial charge is 0.195 e. The number of hydrogen-bond donors (Lipinski definition) is 0. The fourth-order valence-electron chi connectivity index (χ4n) is 3.18. The van der Waals surface area contributed by atoms with Crippen LogP contribution in [0.4, 0.5) is 5.69 Å². The van der Waals surface area contributed by atoms with Gasteiger partial charge in [-0.2, -0.15) is 0 Å². The van der Waals surface area contributed by atoms with Crippen LogP contribution in [-0.4, -0.2) is 43.1 Å². The SMILES string of the molecule is CN1CCN(c2cnc3ccc4ccccc4c(=O)c3c2)CC1. The van der Waals surface area contributed by atoms with Gasteiger partial charge < -0.3 is 9.80 Å². The summed E-state index contributed by atoms with van der Waals surface area (Å²) < 4.78 is 0. The highest BCUT2D eigenvalue weighted by molar-refractivity contribution is 5.92. The summed E-state index contributed by atoms with van der Waals surface area (Å²) in [4.78, 5) is 22.1. The number of anilines is 1. The van der Waals surface area contributed by atoms with Crippen molar-refractivity contribution < 1.29 is 0 Å². The predicted octanol–water partition coefficient (Wildman–Crippen LogP) is 2.50. The number of pyridine rings is 1. The molecule has 116 valence electrons. The third-order valence-electron chi connectivity index (χ3n) is 4.64. The maximum absolute atomic E-state index is 12.9. The van der Waals surface area contributed by atoms with Gasteiger partial charge >= 0.3 is 0 Å². The summed E-state index contributed by atoms with van der Waals surface area (Å²) in [7, 11) is 2.14. The minimum atomic E-state index is 0.0593. The fraction of sp³-hybridized carbons (Fsp3) is 0.263. The van der Waals surface area contributed by atoms with E-state index in [0.29, 0.717) is 5.39 Å². The summed E-state index contributed by atoms with van der Waals surface area (Å²) in [6, 6.07) is 13.6. The molecular formula is C19H19N3O. The summed E-state index contributed by atoms with van der Waals surface area (Å²) in [5.41, 5.74) is 1.85. The number of likely N-dealkylation sites (N-methyl/N-ethyl adjacent to an activating group) is 1. The van der Waals surface area contributed by atoms with Gasteiger partial charge in [0.1, 0.15) is 0 Å². The van der Waals surface area contributed by atoms with Crippen LogP contribution in [0.25, 0.3) is 21.7 Å². The molecule has 1 aliphatic heterocycles. The molecule has 0 amide bonds. The Balaban J connectivity index is 1.89. The molecule has 4 nitrogen and oxygen atoms in total. The van der Waals surface area contributed by atoms with E-state index >= 15 is 0 Å². The van der Waals surface area contributed by atoms with E-state index in [1.54, 1.807) is 0 Å². The Morgan fingerprint density at radius 2 is 1.74 bits per heavy atom. The Morgan fingerprint density at radius 1 is 0.957 bits per heavy atom. The molecule has 0 spiro atoms. The van der Waals surface area contributed by atoms with Gasteiger partial charge in [-0.1, -0.05) is 30.3 Å². The van der Waals surface area contributed by atoms with Crippen LogP contribution in [0.15, 0.2) is 53.5 Å². The van der Waals surface area contributed by atoms with E-state index in [1.807, 2.05) is 48.7 Å². The molecule has 3 aromatic rings. The Bertz CT molecular complexity index is 930. The quantitative estimate of drug-likeness (QED) is 0.692. The van der Waals surface area contributed by atoms with Gasteiger partial charge in [-0.25, -0.2) is 0 Å². The van der Waals surface area contributed by atoms with Crippen LogP contribution < -0.4 is 10.3 Å². The zero-order chi connectivity index (χ0) is 15.8. The first kappa shape index (κ1) is 14.2. The van der Waals surface area contributed by atoms with E-state index in [-0.39, 0.29) is 5.43 Å². The van der Waals surface area contributed by atoms with Crippen molar-refractivity contribution in [3.05, 3.63) is 58.9 Å². The lowest BCUT2D eigenvalue weighted by Gasteiger charge is -2.33. The molecule has 1 saturated heterocycles. The molecule has 0 unspecified atom stereocenters. The number of aromatic nitrogens is 1. The number of rotatable bonds is 1. The van der Waals surface area contributed by atoms with Crippen molar-refractivity contribution in [2.24, 2.45) is 0 Å². The highest BCUT2D eigenvalue weighted by atomic mass is 16.1. The first-order chi connectivity index (χ1) is 11.2. The summed E-state index contributed by atoms with van der Waals surface area (Å²) in [5.74, 6) is 0. The molecule has 1 aromatic heterocycles. The van der Waals surface area contributed by atoms with Gasteiger partial charge in [0.2, 0.25) is 0 Å². The average Bonchev–Trinajstić information content (AvgIpc) is 2.73. The molecule has 23 heavy (non-hydrogen) atoms. The van der Waals surface area contributed by atoms with E-state index in [1.165, 1.54) is 0 Å². The minimum Gasteiger partial charge on any atom is -0.368 e. The normalized spacial score (nSPS) is 16.1. The Kier molecular flexibility index (Phi) is 3.46. The van der Waals surface area contributed by atoms with Crippen LogP contribution in [0, 0.1) is 0 Å². The highest BCUT2D eigenvalue weighted by Crippen LogP contribution is 2.20. The molecule has 0 radical (unpaired) electrons. The van der Waals surface area contributed by atoms with Crippen molar-refractivity contribution in [2.45, 2.75) is 0 Å². The molecule has 1 aliphatic rings. The number of nitrogens with zero attached hydrogens (tertiary/aromatic N) is 3. The van der Waals surface area contributed by atoms with E-state index in [4.69, 9.17) is 0 Å². The lowest BCUT2D eigenvalue weighted by Crippen LogP contribution is -2.44. The fourth-order valence-corrected chi connectivity index (χ4v) is 3.18. The molecule has 4 heteroatoms. The monoisotopic (exact) mass is 305 g/mol. The van der Waals surface area contributed by atoms with Gasteiger partial charge in [0.05, 0.1) is 22.8 Å². The van der Waals surface area contributed by atoms with Crippen LogP contribution in [0.1, 0.15) is 0 Å². The zero-order valence-corrected chi connectivity index (χ0v) is 13.2. The summed E-state index contributed by atoms with van der Waals surface area (Å²) >= 11 is 0. The van der Waals surface area contributed by atoms with E-state index < -0.39 is 0 Å². The van der Waals surface area contributed by atoms with Crippen molar-refractivity contribution in [1.82, 2.24) is 9.88 Å². The van der Waals surface area contributed by atoms with Crippen LogP contribution in [-0.2, 0) is 0 Å². The lowest BCUT2D eigenvalue weighted by molar-refractivity contribution is 0.313. The number of hydrogen-bond acceptors (Lipinski definition) is 4. The van der Waals surface area contributed by atoms with Crippen molar-refractivity contribution in [1.29, 1.82) is 0 Å². The van der Waals surface area contributed by atoms with Crippen molar-refractivity contribution >= 4 is 27.4 Å². The molecule has 0 atom stereocenters. The van der Waals surface area contributed by atoms with Crippen LogP contribution in [0.3, 0.4) is 0 Å². The molecule has 2 aromatic carbocycles. The summed E-state index contributed by atoms with van der Waals surface area (Å²) in [5, 5.41) is 2.40. The molecule has 0 N–H and O–H groups in total. The number of benzene rings is 1. The Labute approximate surface area is 135 Å². The molecule has 0 bridgehead atoms. The van der Waals surface area contributed by atoms with Crippen molar-refractivity contribution in [3.63, 3.8) is 0 Å². The van der Waals surface area contributed by atoms with Crippen molar-refractivity contribution in [3.8, 4) is 0 Å². The average molecular weight is 305 g/mol. The molecular weight excluding hydrogens is 286 g/mol. The molecule has 4 rings (SSSR count). The first-order valence-corrected chi connectivity index (χ1v) is 7.98. The minimum absolute atomic E-state index is 0.0593. The third kappa shape index (κ3) is 2.55. The summed E-state index contributed by atoms with van der Waals surface area (Å²) in [6.45, 7) is 4.01. The second kappa shape index (κ2) is 5.63. The molecule has 0 aliphatic carbocycles. The zero-order valence-electron chi connectivity index (χ0n) is 13.2. The van der Waals surface area contributed by atoms with E-state index in [0.717, 1.165) is 48.2 Å². The largest absolute Gasteiger partial charge is 0.368 e. The third-order valence-corrected chi connectivity index (χ3v) is 4.64. The first-order valence-electron chi connectivity index (χ1n) is 7.98. The second-order valence-corrected chi connectivity index (χ2v) is 6.17. The van der Waals surface area contributed by atoms with Gasteiger partial charge in [-0.3, -0.25) is 9.78 Å².